The molecule has 1 aromatic heterocycles. The van der Waals surface area contributed by atoms with Crippen LogP contribution in [0.5, 0.6) is 0 Å². The van der Waals surface area contributed by atoms with E-state index in [1.54, 1.807) is 18.2 Å². The van der Waals surface area contributed by atoms with E-state index in [2.05, 4.69) is 10.3 Å². The molecule has 2 amide bonds. The molecule has 1 aromatic carbocycles. The van der Waals surface area contributed by atoms with Crippen molar-refractivity contribution < 1.29 is 14.0 Å². The first-order chi connectivity index (χ1) is 10.3. The summed E-state index contributed by atoms with van der Waals surface area (Å²) in [4.78, 5) is 27.6. The molecule has 0 aliphatic heterocycles. The van der Waals surface area contributed by atoms with Crippen molar-refractivity contribution in [2.45, 2.75) is 12.5 Å². The number of nitrogens with two attached hydrogens (primary N) is 1. The van der Waals surface area contributed by atoms with Crippen molar-refractivity contribution in [2.24, 2.45) is 5.73 Å². The smallest absolute Gasteiger partial charge is 0.255 e. The highest BCUT2D eigenvalue weighted by molar-refractivity contribution is 6.30. The van der Waals surface area contributed by atoms with E-state index in [4.69, 9.17) is 17.3 Å². The van der Waals surface area contributed by atoms with Gasteiger partial charge in [-0.1, -0.05) is 23.7 Å². The number of hydrogen-bond donors (Lipinski definition) is 2. The van der Waals surface area contributed by atoms with Gasteiger partial charge in [0.05, 0.1) is 11.8 Å². The van der Waals surface area contributed by atoms with Crippen LogP contribution in [0.25, 0.3) is 0 Å². The highest BCUT2D eigenvalue weighted by atomic mass is 35.5. The number of nitrogens with one attached hydrogen (secondary N) is 1. The summed E-state index contributed by atoms with van der Waals surface area (Å²) in [6, 6.07) is 7.56. The van der Waals surface area contributed by atoms with E-state index in [1.807, 2.05) is 0 Å². The number of hydrogen-bond acceptors (Lipinski definition) is 3. The molecule has 0 aliphatic carbocycles. The lowest BCUT2D eigenvalue weighted by Gasteiger charge is -2.28. The SMILES string of the molecule is C[C@](NC(=O)c1ccncc1F)(C(N)=O)c1cccc(Cl)c1. The Morgan fingerprint density at radius 1 is 1.36 bits per heavy atom. The molecule has 3 N–H and O–H groups in total. The molecule has 0 unspecified atom stereocenters. The standard InChI is InChI=1S/C15H13ClFN3O2/c1-15(14(18)22,9-3-2-4-10(16)7-9)20-13(21)11-5-6-19-8-12(11)17/h2-8H,1H3,(H2,18,22)(H,20,21)/t15-/m1/s1. The molecule has 22 heavy (non-hydrogen) atoms. The molecule has 0 spiro atoms. The molecule has 2 rings (SSSR count). The van der Waals surface area contributed by atoms with Crippen LogP contribution in [0.2, 0.25) is 5.02 Å². The highest BCUT2D eigenvalue weighted by Gasteiger charge is 2.35. The summed E-state index contributed by atoms with van der Waals surface area (Å²) >= 11 is 5.90. The lowest BCUT2D eigenvalue weighted by Crippen LogP contribution is -2.52. The fraction of sp³-hybridized carbons (Fsp3) is 0.133. The minimum Gasteiger partial charge on any atom is -0.367 e. The van der Waals surface area contributed by atoms with Gasteiger partial charge in [0.1, 0.15) is 5.54 Å². The maximum absolute atomic E-state index is 13.6. The molecule has 114 valence electrons. The average Bonchev–Trinajstić information content (AvgIpc) is 2.47. The van der Waals surface area contributed by atoms with E-state index in [1.165, 1.54) is 25.3 Å². The number of nitrogens with zero attached hydrogens (tertiary/aromatic N) is 1. The van der Waals surface area contributed by atoms with Crippen molar-refractivity contribution in [2.75, 3.05) is 0 Å². The molecule has 5 nitrogen and oxygen atoms in total. The number of benzene rings is 1. The van der Waals surface area contributed by atoms with Gasteiger partial charge in [0.15, 0.2) is 5.82 Å². The third-order valence-electron chi connectivity index (χ3n) is 3.28. The maximum Gasteiger partial charge on any atom is 0.255 e. The summed E-state index contributed by atoms with van der Waals surface area (Å²) < 4.78 is 13.6. The molecule has 0 bridgehead atoms. The van der Waals surface area contributed by atoms with Crippen LogP contribution in [0.3, 0.4) is 0 Å². The number of carbonyl (C=O) groups is 2. The van der Waals surface area contributed by atoms with Crippen LogP contribution in [0, 0.1) is 5.82 Å². The topological polar surface area (TPSA) is 85.1 Å². The van der Waals surface area contributed by atoms with Gasteiger partial charge in [-0.25, -0.2) is 4.39 Å². The number of rotatable bonds is 4. The van der Waals surface area contributed by atoms with Gasteiger partial charge >= 0.3 is 0 Å². The molecule has 1 heterocycles. The predicted molar refractivity (Wildman–Crippen MR) is 79.7 cm³/mol. The Balaban J connectivity index is 2.39. The third kappa shape index (κ3) is 3.07. The van der Waals surface area contributed by atoms with E-state index in [0.717, 1.165) is 6.20 Å². The average molecular weight is 322 g/mol. The van der Waals surface area contributed by atoms with E-state index in [9.17, 15) is 14.0 Å². The summed E-state index contributed by atoms with van der Waals surface area (Å²) in [7, 11) is 0. The Morgan fingerprint density at radius 2 is 2.09 bits per heavy atom. The van der Waals surface area contributed by atoms with Crippen molar-refractivity contribution in [1.29, 1.82) is 0 Å². The number of carbonyl (C=O) groups excluding carboxylic acids is 2. The fourth-order valence-electron chi connectivity index (χ4n) is 1.93. The molecule has 7 heteroatoms. The van der Waals surface area contributed by atoms with E-state index >= 15 is 0 Å². The molecule has 0 fully saturated rings. The molecule has 0 aliphatic rings. The lowest BCUT2D eigenvalue weighted by atomic mass is 9.90. The van der Waals surface area contributed by atoms with Crippen LogP contribution in [-0.2, 0) is 10.3 Å². The largest absolute Gasteiger partial charge is 0.367 e. The van der Waals surface area contributed by atoms with Crippen LogP contribution < -0.4 is 11.1 Å². The number of amides is 2. The number of pyridine rings is 1. The second-order valence-electron chi connectivity index (χ2n) is 4.81. The fourth-order valence-corrected chi connectivity index (χ4v) is 2.12. The first-order valence-corrected chi connectivity index (χ1v) is 6.70. The lowest BCUT2D eigenvalue weighted by molar-refractivity contribution is -0.123. The Morgan fingerprint density at radius 3 is 2.68 bits per heavy atom. The van der Waals surface area contributed by atoms with Crippen LogP contribution in [-0.4, -0.2) is 16.8 Å². The second kappa shape index (κ2) is 6.11. The number of aromatic nitrogens is 1. The van der Waals surface area contributed by atoms with Gasteiger partial charge in [0.2, 0.25) is 5.91 Å². The Kier molecular flexibility index (Phi) is 4.42. The zero-order valence-electron chi connectivity index (χ0n) is 11.6. The van der Waals surface area contributed by atoms with Crippen molar-refractivity contribution in [1.82, 2.24) is 10.3 Å². The molecule has 0 radical (unpaired) electrons. The first kappa shape index (κ1) is 15.9. The molecule has 1 atom stereocenters. The van der Waals surface area contributed by atoms with Gasteiger partial charge in [-0.15, -0.1) is 0 Å². The minimum atomic E-state index is -1.53. The van der Waals surface area contributed by atoms with Gasteiger partial charge in [-0.3, -0.25) is 14.6 Å². The van der Waals surface area contributed by atoms with E-state index < -0.39 is 23.2 Å². The van der Waals surface area contributed by atoms with Crippen LogP contribution >= 0.6 is 11.6 Å². The Bertz CT molecular complexity index is 738. The highest BCUT2D eigenvalue weighted by Crippen LogP contribution is 2.24. The van der Waals surface area contributed by atoms with E-state index in [0.29, 0.717) is 10.6 Å². The molecule has 0 saturated heterocycles. The first-order valence-electron chi connectivity index (χ1n) is 6.32. The Hall–Kier alpha value is -2.47. The van der Waals surface area contributed by atoms with Crippen LogP contribution in [0.15, 0.2) is 42.7 Å². The summed E-state index contributed by atoms with van der Waals surface area (Å²) in [6.07, 6.45) is 2.19. The molecular weight excluding hydrogens is 309 g/mol. The zero-order chi connectivity index (χ0) is 16.3. The van der Waals surface area contributed by atoms with Gasteiger partial charge in [-0.2, -0.15) is 0 Å². The normalized spacial score (nSPS) is 13.2. The van der Waals surface area contributed by atoms with Crippen molar-refractivity contribution in [3.8, 4) is 0 Å². The zero-order valence-corrected chi connectivity index (χ0v) is 12.4. The van der Waals surface area contributed by atoms with Gasteiger partial charge in [0.25, 0.3) is 5.91 Å². The van der Waals surface area contributed by atoms with Gasteiger partial charge < -0.3 is 11.1 Å². The van der Waals surface area contributed by atoms with Crippen LogP contribution in [0.1, 0.15) is 22.8 Å². The van der Waals surface area contributed by atoms with Crippen molar-refractivity contribution in [3.05, 3.63) is 64.7 Å². The monoisotopic (exact) mass is 321 g/mol. The van der Waals surface area contributed by atoms with E-state index in [-0.39, 0.29) is 5.56 Å². The molecule has 2 aromatic rings. The third-order valence-corrected chi connectivity index (χ3v) is 3.51. The predicted octanol–water partition coefficient (Wildman–Crippen LogP) is 2.00. The van der Waals surface area contributed by atoms with Crippen molar-refractivity contribution in [3.63, 3.8) is 0 Å². The number of halogens is 2. The Labute approximate surface area is 131 Å². The summed E-state index contributed by atoms with van der Waals surface area (Å²) in [5.41, 5.74) is 4.05. The summed E-state index contributed by atoms with van der Waals surface area (Å²) in [5, 5.41) is 2.84. The second-order valence-corrected chi connectivity index (χ2v) is 5.25. The van der Waals surface area contributed by atoms with Crippen LogP contribution in [0.4, 0.5) is 4.39 Å². The summed E-state index contributed by atoms with van der Waals surface area (Å²) in [6.45, 7) is 1.43. The quantitative estimate of drug-likeness (QED) is 0.903. The summed E-state index contributed by atoms with van der Waals surface area (Å²) in [5.74, 6) is -2.36. The number of primary amides is 1. The maximum atomic E-state index is 13.6. The minimum absolute atomic E-state index is 0.232. The van der Waals surface area contributed by atoms with Gasteiger partial charge in [-0.05, 0) is 30.7 Å². The molecular formula is C15H13ClFN3O2. The van der Waals surface area contributed by atoms with Gasteiger partial charge in [0, 0.05) is 11.2 Å². The molecule has 0 saturated carbocycles. The van der Waals surface area contributed by atoms with Crippen molar-refractivity contribution >= 4 is 23.4 Å².